The van der Waals surface area contributed by atoms with Crippen molar-refractivity contribution in [3.63, 3.8) is 0 Å². The molecule has 20 heavy (non-hydrogen) atoms. The molecule has 0 aliphatic rings. The molecule has 0 saturated carbocycles. The van der Waals surface area contributed by atoms with Crippen molar-refractivity contribution in [3.05, 3.63) is 46.4 Å². The second kappa shape index (κ2) is 6.55. The first-order valence-corrected chi connectivity index (χ1v) is 6.36. The zero-order chi connectivity index (χ0) is 14.4. The van der Waals surface area contributed by atoms with Gasteiger partial charge >= 0.3 is 5.69 Å². The van der Waals surface area contributed by atoms with Crippen LogP contribution in [0.2, 0.25) is 0 Å². The molecule has 2 heterocycles. The van der Waals surface area contributed by atoms with Gasteiger partial charge in [0.2, 0.25) is 5.82 Å². The van der Waals surface area contributed by atoms with Crippen LogP contribution in [0.4, 0.5) is 17.3 Å². The first kappa shape index (κ1) is 13.9. The highest BCUT2D eigenvalue weighted by Crippen LogP contribution is 2.23. The van der Waals surface area contributed by atoms with Crippen molar-refractivity contribution < 1.29 is 9.34 Å². The Kier molecular flexibility index (Phi) is 4.54. The Morgan fingerprint density at radius 3 is 2.85 bits per heavy atom. The van der Waals surface area contributed by atoms with Gasteiger partial charge in [0.25, 0.3) is 0 Å². The van der Waals surface area contributed by atoms with Crippen molar-refractivity contribution in [3.8, 4) is 0 Å². The molecule has 0 spiro atoms. The monoisotopic (exact) mass is 276 g/mol. The highest BCUT2D eigenvalue weighted by molar-refractivity contribution is 5.60. The molecule has 106 valence electrons. The van der Waals surface area contributed by atoms with Crippen LogP contribution in [-0.2, 0) is 6.42 Å². The third-order valence-electron chi connectivity index (χ3n) is 2.67. The molecule has 0 aliphatic heterocycles. The number of anilines is 2. The van der Waals surface area contributed by atoms with Gasteiger partial charge in [-0.1, -0.05) is 0 Å². The topological polar surface area (TPSA) is 93.2 Å². The first-order chi connectivity index (χ1) is 9.70. The number of rotatable bonds is 7. The molecule has 2 rings (SSSR count). The molecule has 0 fully saturated rings. The number of pyridine rings is 1. The largest absolute Gasteiger partial charge is 0.469 e. The Bertz CT molecular complexity index is 569. The van der Waals surface area contributed by atoms with Crippen LogP contribution in [0.3, 0.4) is 0 Å². The van der Waals surface area contributed by atoms with E-state index in [4.69, 9.17) is 4.42 Å². The molecule has 0 bridgehead atoms. The molecule has 0 aliphatic carbocycles. The molecule has 2 aromatic heterocycles. The third-order valence-corrected chi connectivity index (χ3v) is 2.67. The van der Waals surface area contributed by atoms with Gasteiger partial charge in [-0.25, -0.2) is 4.98 Å². The van der Waals surface area contributed by atoms with Crippen LogP contribution in [0.15, 0.2) is 34.9 Å². The highest BCUT2D eigenvalue weighted by Gasteiger charge is 2.15. The fourth-order valence-corrected chi connectivity index (χ4v) is 1.77. The van der Waals surface area contributed by atoms with E-state index < -0.39 is 4.92 Å². The molecule has 0 amide bonds. The smallest absolute Gasteiger partial charge is 0.311 e. The first-order valence-electron chi connectivity index (χ1n) is 6.36. The summed E-state index contributed by atoms with van der Waals surface area (Å²) < 4.78 is 5.20. The van der Waals surface area contributed by atoms with Crippen LogP contribution >= 0.6 is 0 Å². The summed E-state index contributed by atoms with van der Waals surface area (Å²) in [7, 11) is 0. The maximum atomic E-state index is 11.0. The number of hydrogen-bond donors (Lipinski definition) is 2. The van der Waals surface area contributed by atoms with Crippen molar-refractivity contribution in [1.29, 1.82) is 0 Å². The molecule has 0 atom stereocenters. The lowest BCUT2D eigenvalue weighted by Gasteiger charge is -2.08. The maximum Gasteiger partial charge on any atom is 0.311 e. The Morgan fingerprint density at radius 1 is 1.35 bits per heavy atom. The van der Waals surface area contributed by atoms with E-state index in [1.54, 1.807) is 12.3 Å². The lowest BCUT2D eigenvalue weighted by atomic mass is 10.3. The van der Waals surface area contributed by atoms with E-state index in [0.29, 0.717) is 25.3 Å². The van der Waals surface area contributed by atoms with E-state index in [2.05, 4.69) is 15.6 Å². The van der Waals surface area contributed by atoms with Crippen LogP contribution in [0.1, 0.15) is 12.7 Å². The van der Waals surface area contributed by atoms with Crippen molar-refractivity contribution in [2.45, 2.75) is 13.3 Å². The molecule has 0 aromatic carbocycles. The Balaban J connectivity index is 2.06. The van der Waals surface area contributed by atoms with Gasteiger partial charge in [0.1, 0.15) is 11.6 Å². The van der Waals surface area contributed by atoms with Crippen molar-refractivity contribution >= 4 is 17.3 Å². The molecule has 0 radical (unpaired) electrons. The fraction of sp³-hybridized carbons (Fsp3) is 0.308. The van der Waals surface area contributed by atoms with Crippen molar-refractivity contribution in [2.24, 2.45) is 0 Å². The molecule has 7 heteroatoms. The normalized spacial score (nSPS) is 10.2. The van der Waals surface area contributed by atoms with Crippen LogP contribution in [0.5, 0.6) is 0 Å². The quantitative estimate of drug-likeness (QED) is 0.596. The number of nitrogens with one attached hydrogen (secondary N) is 2. The summed E-state index contributed by atoms with van der Waals surface area (Å²) in [6, 6.07) is 6.71. The number of nitro groups is 1. The summed E-state index contributed by atoms with van der Waals surface area (Å²) in [5.74, 6) is 1.70. The van der Waals surface area contributed by atoms with Gasteiger partial charge in [0.15, 0.2) is 0 Å². The number of aromatic nitrogens is 1. The average molecular weight is 276 g/mol. The van der Waals surface area contributed by atoms with E-state index in [1.807, 2.05) is 19.1 Å². The van der Waals surface area contributed by atoms with Crippen LogP contribution < -0.4 is 10.6 Å². The van der Waals surface area contributed by atoms with Crippen LogP contribution in [-0.4, -0.2) is 23.0 Å². The summed E-state index contributed by atoms with van der Waals surface area (Å²) in [4.78, 5) is 14.7. The van der Waals surface area contributed by atoms with E-state index in [0.717, 1.165) is 5.76 Å². The standard InChI is InChI=1S/C13H16N4O3/c1-2-14-12-6-5-11(17(18)19)13(16-12)15-8-7-10-4-3-9-20-10/h3-6,9H,2,7-8H2,1H3,(H2,14,15,16). The number of hydrogen-bond acceptors (Lipinski definition) is 6. The zero-order valence-corrected chi connectivity index (χ0v) is 11.1. The second-order valence-electron chi connectivity index (χ2n) is 4.11. The van der Waals surface area contributed by atoms with Crippen LogP contribution in [0, 0.1) is 10.1 Å². The molecular formula is C13H16N4O3. The minimum atomic E-state index is -0.446. The Hall–Kier alpha value is -2.57. The van der Waals surface area contributed by atoms with Gasteiger partial charge in [0.05, 0.1) is 11.2 Å². The molecule has 7 nitrogen and oxygen atoms in total. The Morgan fingerprint density at radius 2 is 2.20 bits per heavy atom. The average Bonchev–Trinajstić information content (AvgIpc) is 2.92. The molecule has 0 unspecified atom stereocenters. The minimum Gasteiger partial charge on any atom is -0.469 e. The third kappa shape index (κ3) is 3.47. The Labute approximate surface area is 116 Å². The predicted molar refractivity (Wildman–Crippen MR) is 76.0 cm³/mol. The SMILES string of the molecule is CCNc1ccc([N+](=O)[O-])c(NCCc2ccco2)n1. The molecule has 0 saturated heterocycles. The minimum absolute atomic E-state index is 0.0360. The number of furan rings is 1. The zero-order valence-electron chi connectivity index (χ0n) is 11.1. The predicted octanol–water partition coefficient (Wildman–Crippen LogP) is 2.67. The van der Waals surface area contributed by atoms with Gasteiger partial charge < -0.3 is 15.1 Å². The van der Waals surface area contributed by atoms with Crippen molar-refractivity contribution in [2.75, 3.05) is 23.7 Å². The summed E-state index contributed by atoms with van der Waals surface area (Å²) in [6.07, 6.45) is 2.24. The van der Waals surface area contributed by atoms with Crippen molar-refractivity contribution in [1.82, 2.24) is 4.98 Å². The second-order valence-corrected chi connectivity index (χ2v) is 4.11. The highest BCUT2D eigenvalue weighted by atomic mass is 16.6. The van der Waals surface area contributed by atoms with Crippen LogP contribution in [0.25, 0.3) is 0 Å². The van der Waals surface area contributed by atoms with Gasteiger partial charge in [0, 0.05) is 25.6 Å². The molecule has 2 N–H and O–H groups in total. The van der Waals surface area contributed by atoms with E-state index in [-0.39, 0.29) is 11.5 Å². The maximum absolute atomic E-state index is 11.0. The van der Waals surface area contributed by atoms with Gasteiger partial charge in [-0.05, 0) is 25.1 Å². The van der Waals surface area contributed by atoms with Gasteiger partial charge in [-0.15, -0.1) is 0 Å². The number of nitrogens with zero attached hydrogens (tertiary/aromatic N) is 2. The summed E-state index contributed by atoms with van der Waals surface area (Å²) in [5, 5.41) is 17.0. The fourth-order valence-electron chi connectivity index (χ4n) is 1.77. The summed E-state index contributed by atoms with van der Waals surface area (Å²) in [5.41, 5.74) is -0.0360. The molecule has 2 aromatic rings. The van der Waals surface area contributed by atoms with Gasteiger partial charge in [-0.3, -0.25) is 10.1 Å². The lowest BCUT2D eigenvalue weighted by Crippen LogP contribution is -2.10. The lowest BCUT2D eigenvalue weighted by molar-refractivity contribution is -0.384. The van der Waals surface area contributed by atoms with E-state index >= 15 is 0 Å². The molecular weight excluding hydrogens is 260 g/mol. The van der Waals surface area contributed by atoms with E-state index in [9.17, 15) is 10.1 Å². The van der Waals surface area contributed by atoms with Gasteiger partial charge in [-0.2, -0.15) is 0 Å². The van der Waals surface area contributed by atoms with E-state index in [1.165, 1.54) is 6.07 Å². The summed E-state index contributed by atoms with van der Waals surface area (Å²) in [6.45, 7) is 3.15. The summed E-state index contributed by atoms with van der Waals surface area (Å²) >= 11 is 0.